The van der Waals surface area contributed by atoms with Crippen LogP contribution in [0.2, 0.25) is 0 Å². The fraction of sp³-hybridized carbons (Fsp3) is 0.353. The van der Waals surface area contributed by atoms with Gasteiger partial charge in [0, 0.05) is 0 Å². The Morgan fingerprint density at radius 1 is 1.28 bits per heavy atom. The number of phosphoric acid groups is 1. The van der Waals surface area contributed by atoms with E-state index in [9.17, 15) is 9.36 Å². The lowest BCUT2D eigenvalue weighted by molar-refractivity contribution is 0.125. The van der Waals surface area contributed by atoms with Crippen LogP contribution in [-0.4, -0.2) is 29.4 Å². The normalized spacial score (nSPS) is 18.4. The Labute approximate surface area is 151 Å². The molecule has 0 saturated heterocycles. The summed E-state index contributed by atoms with van der Waals surface area (Å²) < 4.78 is 27.3. The molecule has 0 aromatic heterocycles. The molecule has 8 heteroatoms. The monoisotopic (exact) mass is 381 g/mol. The average molecular weight is 381 g/mol. The maximum atomic E-state index is 12.2. The van der Waals surface area contributed by atoms with Crippen molar-refractivity contribution in [3.05, 3.63) is 47.5 Å². The third-order valence-corrected chi connectivity index (χ3v) is 5.83. The van der Waals surface area contributed by atoms with Gasteiger partial charge in [0.2, 0.25) is 0 Å². The zero-order valence-electron chi connectivity index (χ0n) is 14.3. The van der Waals surface area contributed by atoms with Crippen LogP contribution in [0.25, 0.3) is 5.57 Å². The van der Waals surface area contributed by atoms with Crippen molar-refractivity contribution in [2.75, 3.05) is 13.2 Å². The Kier molecular flexibility index (Phi) is 7.24. The maximum absolute atomic E-state index is 12.2. The number of hydrogen-bond acceptors (Lipinski definition) is 7. The Balaban J connectivity index is 2.11. The SMILES string of the molecule is CCOP(=O)(OCC)O/N=C1\C=CC(C(=C=O)c2ccccc2C)S1. The first-order valence-corrected chi connectivity index (χ1v) is 10.2. The fourth-order valence-electron chi connectivity index (χ4n) is 2.22. The summed E-state index contributed by atoms with van der Waals surface area (Å²) >= 11 is 1.31. The van der Waals surface area contributed by atoms with Gasteiger partial charge in [-0.1, -0.05) is 47.3 Å². The quantitative estimate of drug-likeness (QED) is 0.378. The van der Waals surface area contributed by atoms with Gasteiger partial charge in [-0.15, -0.1) is 0 Å². The summed E-state index contributed by atoms with van der Waals surface area (Å²) in [5.74, 6) is 2.03. The van der Waals surface area contributed by atoms with Crippen LogP contribution in [0.4, 0.5) is 0 Å². The Hall–Kier alpha value is -1.62. The van der Waals surface area contributed by atoms with Crippen molar-refractivity contribution >= 4 is 36.1 Å². The molecule has 1 aliphatic rings. The van der Waals surface area contributed by atoms with Gasteiger partial charge in [0.05, 0.1) is 24.0 Å². The van der Waals surface area contributed by atoms with E-state index in [0.717, 1.165) is 11.1 Å². The lowest BCUT2D eigenvalue weighted by atomic mass is 9.99. The number of carbonyl (C=O) groups excluding carboxylic acids is 1. The van der Waals surface area contributed by atoms with Crippen molar-refractivity contribution in [2.45, 2.75) is 26.0 Å². The average Bonchev–Trinajstić information content (AvgIpc) is 3.05. The highest BCUT2D eigenvalue weighted by atomic mass is 32.2. The summed E-state index contributed by atoms with van der Waals surface area (Å²) in [6.45, 7) is 5.67. The lowest BCUT2D eigenvalue weighted by Crippen LogP contribution is -2.03. The molecule has 0 N–H and O–H groups in total. The summed E-state index contributed by atoms with van der Waals surface area (Å²) in [5.41, 5.74) is 2.37. The second-order valence-corrected chi connectivity index (χ2v) is 7.76. The van der Waals surface area contributed by atoms with Crippen LogP contribution in [-0.2, 0) is 23.0 Å². The molecule has 1 heterocycles. The summed E-state index contributed by atoms with van der Waals surface area (Å²) in [6.07, 6.45) is 3.53. The van der Waals surface area contributed by atoms with E-state index in [1.807, 2.05) is 43.2 Å². The molecule has 0 fully saturated rings. The molecular weight excluding hydrogens is 361 g/mol. The number of phosphoric ester groups is 1. The molecular formula is C17H20NO5PS. The van der Waals surface area contributed by atoms with Gasteiger partial charge >= 0.3 is 7.82 Å². The molecule has 0 spiro atoms. The molecule has 0 radical (unpaired) electrons. The van der Waals surface area contributed by atoms with E-state index in [4.69, 9.17) is 13.7 Å². The molecule has 1 aromatic rings. The largest absolute Gasteiger partial charge is 0.550 e. The zero-order valence-corrected chi connectivity index (χ0v) is 16.0. The summed E-state index contributed by atoms with van der Waals surface area (Å²) in [5, 5.41) is 4.09. The first-order valence-electron chi connectivity index (χ1n) is 7.84. The second-order valence-electron chi connectivity index (χ2n) is 5.02. The predicted octanol–water partition coefficient (Wildman–Crippen LogP) is 4.39. The first kappa shape index (κ1) is 19.7. The van der Waals surface area contributed by atoms with Crippen LogP contribution in [0.1, 0.15) is 25.0 Å². The minimum absolute atomic E-state index is 0.180. The summed E-state index contributed by atoms with van der Waals surface area (Å²) in [4.78, 5) is 11.5. The van der Waals surface area contributed by atoms with Crippen LogP contribution >= 0.6 is 19.6 Å². The van der Waals surface area contributed by atoms with E-state index in [2.05, 4.69) is 5.16 Å². The number of thioether (sulfide) groups is 1. The van der Waals surface area contributed by atoms with Crippen molar-refractivity contribution in [3.8, 4) is 0 Å². The van der Waals surface area contributed by atoms with Crippen LogP contribution in [0, 0.1) is 6.92 Å². The van der Waals surface area contributed by atoms with E-state index in [0.29, 0.717) is 10.6 Å². The van der Waals surface area contributed by atoms with Crippen molar-refractivity contribution in [1.29, 1.82) is 0 Å². The van der Waals surface area contributed by atoms with Gasteiger partial charge in [0.25, 0.3) is 0 Å². The third kappa shape index (κ3) is 5.18. The highest BCUT2D eigenvalue weighted by Crippen LogP contribution is 2.50. The molecule has 0 saturated carbocycles. The van der Waals surface area contributed by atoms with E-state index in [1.54, 1.807) is 19.9 Å². The number of oxime groups is 1. The summed E-state index contributed by atoms with van der Waals surface area (Å²) in [6, 6.07) is 7.61. The van der Waals surface area contributed by atoms with E-state index < -0.39 is 7.82 Å². The van der Waals surface area contributed by atoms with E-state index in [1.165, 1.54) is 11.8 Å². The maximum Gasteiger partial charge on any atom is 0.550 e. The van der Waals surface area contributed by atoms with Crippen molar-refractivity contribution in [2.24, 2.45) is 5.16 Å². The first-order chi connectivity index (χ1) is 12.0. The Morgan fingerprint density at radius 2 is 1.96 bits per heavy atom. The molecule has 134 valence electrons. The molecule has 6 nitrogen and oxygen atoms in total. The minimum atomic E-state index is -3.71. The number of rotatable bonds is 8. The minimum Gasteiger partial charge on any atom is -0.291 e. The second kappa shape index (κ2) is 9.18. The fourth-order valence-corrected chi connectivity index (χ4v) is 4.21. The van der Waals surface area contributed by atoms with E-state index in [-0.39, 0.29) is 18.5 Å². The van der Waals surface area contributed by atoms with Gasteiger partial charge in [0.15, 0.2) is 0 Å². The number of nitrogens with zero attached hydrogens (tertiary/aromatic N) is 1. The van der Waals surface area contributed by atoms with Crippen LogP contribution < -0.4 is 0 Å². The van der Waals surface area contributed by atoms with Crippen LogP contribution in [0.3, 0.4) is 0 Å². The molecule has 1 aliphatic heterocycles. The van der Waals surface area contributed by atoms with Crippen LogP contribution in [0.15, 0.2) is 41.6 Å². The molecule has 0 bridgehead atoms. The third-order valence-electron chi connectivity index (χ3n) is 3.30. The molecule has 1 unspecified atom stereocenters. The highest BCUT2D eigenvalue weighted by Gasteiger charge is 2.29. The van der Waals surface area contributed by atoms with Crippen molar-refractivity contribution in [1.82, 2.24) is 0 Å². The van der Waals surface area contributed by atoms with Crippen molar-refractivity contribution in [3.63, 3.8) is 0 Å². The summed E-state index contributed by atoms with van der Waals surface area (Å²) in [7, 11) is -3.71. The molecule has 25 heavy (non-hydrogen) atoms. The zero-order chi connectivity index (χ0) is 18.3. The van der Waals surface area contributed by atoms with Gasteiger partial charge in [-0.25, -0.2) is 9.36 Å². The van der Waals surface area contributed by atoms with Crippen LogP contribution in [0.5, 0.6) is 0 Å². The Bertz CT molecular complexity index is 760. The molecule has 1 aromatic carbocycles. The predicted molar refractivity (Wildman–Crippen MR) is 100 cm³/mol. The highest BCUT2D eigenvalue weighted by molar-refractivity contribution is 8.15. The van der Waals surface area contributed by atoms with Gasteiger partial charge in [0.1, 0.15) is 11.0 Å². The number of aryl methyl sites for hydroxylation is 1. The number of hydrogen-bond donors (Lipinski definition) is 0. The van der Waals surface area contributed by atoms with E-state index >= 15 is 0 Å². The lowest BCUT2D eigenvalue weighted by Gasteiger charge is -2.13. The standard InChI is InChI=1S/C17H20NO5PS/c1-4-21-24(20,22-5-2)23-18-17-11-10-16(25-17)15(12-19)14-9-7-6-8-13(14)3/h6-11,16H,4-5H2,1-3H3/b18-17+. The Morgan fingerprint density at radius 3 is 2.56 bits per heavy atom. The smallest absolute Gasteiger partial charge is 0.291 e. The molecule has 0 amide bonds. The number of benzene rings is 1. The van der Waals surface area contributed by atoms with Gasteiger partial charge < -0.3 is 0 Å². The topological polar surface area (TPSA) is 74.2 Å². The van der Waals surface area contributed by atoms with Gasteiger partial charge in [-0.05, 0) is 38.0 Å². The molecule has 1 atom stereocenters. The molecule has 0 aliphatic carbocycles. The molecule has 2 rings (SSSR count). The van der Waals surface area contributed by atoms with Crippen molar-refractivity contribution < 1.29 is 23.0 Å². The van der Waals surface area contributed by atoms with Gasteiger partial charge in [-0.2, -0.15) is 0 Å². The van der Waals surface area contributed by atoms with Gasteiger partial charge in [-0.3, -0.25) is 13.7 Å².